The summed E-state index contributed by atoms with van der Waals surface area (Å²) in [5, 5.41) is 0.606. The maximum atomic E-state index is 5.97. The zero-order valence-electron chi connectivity index (χ0n) is 19.4. The predicted molar refractivity (Wildman–Crippen MR) is 132 cm³/mol. The molecule has 0 aliphatic heterocycles. The lowest BCUT2D eigenvalue weighted by molar-refractivity contribution is 0.240. The van der Waals surface area contributed by atoms with Crippen LogP contribution in [0.4, 0.5) is 5.13 Å². The molecule has 33 heavy (non-hydrogen) atoms. The van der Waals surface area contributed by atoms with Crippen molar-refractivity contribution >= 4 is 16.5 Å². The number of rotatable bonds is 8. The van der Waals surface area contributed by atoms with Crippen molar-refractivity contribution < 1.29 is 4.74 Å². The van der Waals surface area contributed by atoms with Crippen LogP contribution in [0.5, 0.6) is 5.75 Å². The predicted octanol–water partition coefficient (Wildman–Crippen LogP) is 5.22. The fraction of sp³-hybridized carbons (Fsp3) is 0.320. The van der Waals surface area contributed by atoms with E-state index in [1.165, 1.54) is 16.2 Å². The lowest BCUT2D eigenvalue weighted by atomic mass is 10.0. The Bertz CT molecular complexity index is 1240. The quantitative estimate of drug-likeness (QED) is 0.385. The molecule has 0 fully saturated rings. The highest BCUT2D eigenvalue weighted by atomic mass is 32.1. The number of aryl methyl sites for hydroxylation is 4. The molecule has 170 valence electrons. The fourth-order valence-electron chi connectivity index (χ4n) is 3.62. The lowest BCUT2D eigenvalue weighted by Crippen LogP contribution is -2.07. The van der Waals surface area contributed by atoms with Crippen LogP contribution in [0, 0.1) is 13.8 Å². The van der Waals surface area contributed by atoms with Crippen LogP contribution in [0.2, 0.25) is 0 Å². The first kappa shape index (κ1) is 22.8. The summed E-state index contributed by atoms with van der Waals surface area (Å²) < 4.78 is 5.97. The van der Waals surface area contributed by atoms with Gasteiger partial charge in [-0.2, -0.15) is 0 Å². The summed E-state index contributed by atoms with van der Waals surface area (Å²) in [5.74, 6) is 1.48. The van der Waals surface area contributed by atoms with Crippen molar-refractivity contribution in [2.75, 3.05) is 5.73 Å². The minimum atomic E-state index is 0.122. The summed E-state index contributed by atoms with van der Waals surface area (Å²) in [6.07, 6.45) is 9.64. The summed E-state index contributed by atoms with van der Waals surface area (Å²) in [5.41, 5.74) is 11.5. The molecule has 0 atom stereocenters. The first-order valence-corrected chi connectivity index (χ1v) is 11.8. The van der Waals surface area contributed by atoms with Crippen molar-refractivity contribution in [1.82, 2.24) is 24.9 Å². The first-order chi connectivity index (χ1) is 15.9. The number of hydrogen-bond donors (Lipinski definition) is 1. The van der Waals surface area contributed by atoms with Gasteiger partial charge in [-0.05, 0) is 76.3 Å². The van der Waals surface area contributed by atoms with Crippen LogP contribution in [0.3, 0.4) is 0 Å². The number of nitrogen functional groups attached to an aromatic ring is 1. The molecule has 0 radical (unpaired) electrons. The topological polar surface area (TPSA) is 99.7 Å². The highest BCUT2D eigenvalue weighted by molar-refractivity contribution is 7.15. The number of ether oxygens (including phenoxy) is 1. The van der Waals surface area contributed by atoms with Crippen LogP contribution in [-0.2, 0) is 12.8 Å². The number of anilines is 1. The zero-order chi connectivity index (χ0) is 23.4. The minimum absolute atomic E-state index is 0.122. The van der Waals surface area contributed by atoms with Crippen LogP contribution in [-0.4, -0.2) is 31.0 Å². The highest BCUT2D eigenvalue weighted by Crippen LogP contribution is 2.31. The molecule has 3 heterocycles. The number of aromatic nitrogens is 5. The average Bonchev–Trinajstić information content (AvgIpc) is 3.21. The zero-order valence-corrected chi connectivity index (χ0v) is 20.2. The molecular weight excluding hydrogens is 432 g/mol. The smallest absolute Gasteiger partial charge is 0.180 e. The Morgan fingerprint density at radius 1 is 0.939 bits per heavy atom. The molecule has 0 amide bonds. The van der Waals surface area contributed by atoms with Gasteiger partial charge in [0.1, 0.15) is 11.4 Å². The van der Waals surface area contributed by atoms with Crippen LogP contribution >= 0.6 is 11.3 Å². The largest absolute Gasteiger partial charge is 0.491 e. The molecule has 0 saturated heterocycles. The Balaban J connectivity index is 1.68. The molecule has 8 heteroatoms. The van der Waals surface area contributed by atoms with Gasteiger partial charge in [0.25, 0.3) is 0 Å². The molecule has 0 bridgehead atoms. The molecule has 7 nitrogen and oxygen atoms in total. The second-order valence-electron chi connectivity index (χ2n) is 8.28. The van der Waals surface area contributed by atoms with Gasteiger partial charge < -0.3 is 10.5 Å². The third kappa shape index (κ3) is 5.70. The van der Waals surface area contributed by atoms with Crippen molar-refractivity contribution in [3.8, 4) is 28.5 Å². The van der Waals surface area contributed by atoms with E-state index < -0.39 is 0 Å². The number of thiazole rings is 1. The lowest BCUT2D eigenvalue weighted by Gasteiger charge is -2.16. The van der Waals surface area contributed by atoms with Gasteiger partial charge in [-0.15, -0.1) is 11.3 Å². The summed E-state index contributed by atoms with van der Waals surface area (Å²) in [7, 11) is 0. The third-order valence-corrected chi connectivity index (χ3v) is 6.05. The van der Waals surface area contributed by atoms with Gasteiger partial charge in [-0.25, -0.2) is 19.9 Å². The van der Waals surface area contributed by atoms with Crippen molar-refractivity contribution in [3.63, 3.8) is 0 Å². The summed E-state index contributed by atoms with van der Waals surface area (Å²) in [6.45, 7) is 8.22. The molecule has 0 spiro atoms. The van der Waals surface area contributed by atoms with Crippen LogP contribution in [0.25, 0.3) is 22.8 Å². The second kappa shape index (κ2) is 10.0. The van der Waals surface area contributed by atoms with E-state index in [1.54, 1.807) is 18.6 Å². The van der Waals surface area contributed by atoms with E-state index in [1.807, 2.05) is 20.0 Å². The van der Waals surface area contributed by atoms with E-state index in [4.69, 9.17) is 20.4 Å². The molecule has 3 aromatic heterocycles. The van der Waals surface area contributed by atoms with Crippen molar-refractivity contribution in [2.45, 2.75) is 53.1 Å². The molecule has 0 unspecified atom stereocenters. The van der Waals surface area contributed by atoms with E-state index in [0.29, 0.717) is 16.6 Å². The second-order valence-corrected chi connectivity index (χ2v) is 9.42. The van der Waals surface area contributed by atoms with Crippen molar-refractivity contribution in [2.24, 2.45) is 0 Å². The van der Waals surface area contributed by atoms with E-state index in [0.717, 1.165) is 53.1 Å². The maximum Gasteiger partial charge on any atom is 0.180 e. The monoisotopic (exact) mass is 460 g/mol. The number of nitrogens with zero attached hydrogens (tertiary/aromatic N) is 5. The van der Waals surface area contributed by atoms with Gasteiger partial charge in [0.2, 0.25) is 0 Å². The fourth-order valence-corrected chi connectivity index (χ4v) is 4.35. The minimum Gasteiger partial charge on any atom is -0.491 e. The van der Waals surface area contributed by atoms with Gasteiger partial charge in [0.15, 0.2) is 11.0 Å². The normalized spacial score (nSPS) is 11.2. The van der Waals surface area contributed by atoms with Crippen LogP contribution < -0.4 is 10.5 Å². The molecule has 4 aromatic rings. The standard InChI is InChI=1S/C25H28N6OS/c1-15(2)32-23-11-16(3)20(10-17(23)4)21-12-18(6-5-7-19-13-29-25(26)33-19)30-24(31-21)22-14-27-8-9-28-22/h8-15H,5-7H2,1-4H3,(H2,26,29). The Morgan fingerprint density at radius 3 is 2.48 bits per heavy atom. The molecule has 2 N–H and O–H groups in total. The number of hydrogen-bond acceptors (Lipinski definition) is 8. The SMILES string of the molecule is Cc1cc(-c2cc(CCCc3cnc(N)s3)nc(-c3cnccn3)n2)c(C)cc1OC(C)C. The van der Waals surface area contributed by atoms with Gasteiger partial charge in [-0.3, -0.25) is 4.98 Å². The molecule has 0 saturated carbocycles. The van der Waals surface area contributed by atoms with Crippen molar-refractivity contribution in [3.05, 3.63) is 64.7 Å². The van der Waals surface area contributed by atoms with Gasteiger partial charge in [-0.1, -0.05) is 0 Å². The third-order valence-electron chi connectivity index (χ3n) is 5.16. The average molecular weight is 461 g/mol. The van der Waals surface area contributed by atoms with Crippen LogP contribution in [0.1, 0.15) is 42.0 Å². The first-order valence-electron chi connectivity index (χ1n) is 11.0. The summed E-state index contributed by atoms with van der Waals surface area (Å²) in [6, 6.07) is 6.30. The summed E-state index contributed by atoms with van der Waals surface area (Å²) >= 11 is 1.54. The van der Waals surface area contributed by atoms with E-state index >= 15 is 0 Å². The Hall–Kier alpha value is -3.39. The Morgan fingerprint density at radius 2 is 1.79 bits per heavy atom. The number of benzene rings is 1. The molecule has 4 rings (SSSR count). The summed E-state index contributed by atoms with van der Waals surface area (Å²) in [4.78, 5) is 23.6. The van der Waals surface area contributed by atoms with Crippen LogP contribution in [0.15, 0.2) is 43.0 Å². The van der Waals surface area contributed by atoms with Gasteiger partial charge in [0, 0.05) is 34.7 Å². The Kier molecular flexibility index (Phi) is 6.93. The van der Waals surface area contributed by atoms with Crippen molar-refractivity contribution in [1.29, 1.82) is 0 Å². The maximum absolute atomic E-state index is 5.97. The van der Waals surface area contributed by atoms with Gasteiger partial charge in [0.05, 0.1) is 18.0 Å². The number of nitrogens with two attached hydrogens (primary N) is 1. The molecule has 0 aliphatic rings. The molecule has 0 aliphatic carbocycles. The van der Waals surface area contributed by atoms with E-state index in [2.05, 4.69) is 47.0 Å². The van der Waals surface area contributed by atoms with Gasteiger partial charge >= 0.3 is 0 Å². The van der Waals surface area contributed by atoms with E-state index in [-0.39, 0.29) is 6.10 Å². The highest BCUT2D eigenvalue weighted by Gasteiger charge is 2.14. The molecular formula is C25H28N6OS. The Labute approximate surface area is 198 Å². The van der Waals surface area contributed by atoms with E-state index in [9.17, 15) is 0 Å². The molecule has 1 aromatic carbocycles.